The van der Waals surface area contributed by atoms with Crippen LogP contribution in [0.15, 0.2) is 23.9 Å². The van der Waals surface area contributed by atoms with Gasteiger partial charge in [0.2, 0.25) is 0 Å². The Hall–Kier alpha value is -1.88. The Morgan fingerprint density at radius 3 is 2.73 bits per heavy atom. The van der Waals surface area contributed by atoms with E-state index in [-0.39, 0.29) is 11.4 Å². The first-order valence-corrected chi connectivity index (χ1v) is 7.90. The van der Waals surface area contributed by atoms with E-state index in [1.807, 2.05) is 12.1 Å². The summed E-state index contributed by atoms with van der Waals surface area (Å²) in [5.41, 5.74) is 4.27. The Balaban J connectivity index is 1.98. The predicted octanol–water partition coefficient (Wildman–Crippen LogP) is 2.75. The molecule has 22 heavy (non-hydrogen) atoms. The van der Waals surface area contributed by atoms with Crippen molar-refractivity contribution in [3.8, 4) is 0 Å². The molecule has 2 heterocycles. The molecule has 116 valence electrons. The first-order chi connectivity index (χ1) is 10.3. The number of fused-ring (bicyclic) bond motifs is 1. The van der Waals surface area contributed by atoms with Gasteiger partial charge in [0.25, 0.3) is 5.91 Å². The second kappa shape index (κ2) is 5.09. The highest BCUT2D eigenvalue weighted by atomic mass is 32.1. The molecule has 0 aromatic heterocycles. The minimum absolute atomic E-state index is 0.158. The van der Waals surface area contributed by atoms with Gasteiger partial charge < -0.3 is 10.2 Å². The van der Waals surface area contributed by atoms with Crippen molar-refractivity contribution in [3.05, 3.63) is 35.0 Å². The number of nitrogens with zero attached hydrogens (tertiary/aromatic N) is 1. The van der Waals surface area contributed by atoms with E-state index in [1.165, 1.54) is 11.3 Å². The summed E-state index contributed by atoms with van der Waals surface area (Å²) in [6, 6.07) is 6.37. The molecule has 3 rings (SSSR count). The Morgan fingerprint density at radius 2 is 2.09 bits per heavy atom. The monoisotopic (exact) mass is 315 g/mol. The SMILES string of the molecule is CC1CC(C)(C)N(C)c2ccc(C=C3NC(=S)NC3=O)cc21. The standard InChI is InChI=1S/C17H21N3OS/c1-10-9-17(2,3)20(4)14-6-5-11(7-12(10)14)8-13-15(21)19-16(22)18-13/h5-8,10H,9H2,1-4H3,(H2,18,19,21,22). The smallest absolute Gasteiger partial charge is 0.273 e. The van der Waals surface area contributed by atoms with Gasteiger partial charge in [-0.1, -0.05) is 13.0 Å². The average Bonchev–Trinajstić information content (AvgIpc) is 2.74. The molecule has 2 aliphatic heterocycles. The van der Waals surface area contributed by atoms with Gasteiger partial charge in [-0.25, -0.2) is 0 Å². The molecule has 0 saturated carbocycles. The van der Waals surface area contributed by atoms with Crippen LogP contribution in [0.25, 0.3) is 6.08 Å². The van der Waals surface area contributed by atoms with Crippen molar-refractivity contribution < 1.29 is 4.79 Å². The van der Waals surface area contributed by atoms with Crippen LogP contribution in [0.5, 0.6) is 0 Å². The number of benzene rings is 1. The first kappa shape index (κ1) is 15.0. The minimum atomic E-state index is -0.172. The molecule has 5 heteroatoms. The summed E-state index contributed by atoms with van der Waals surface area (Å²) in [5.74, 6) is 0.319. The summed E-state index contributed by atoms with van der Waals surface area (Å²) in [7, 11) is 2.15. The van der Waals surface area contributed by atoms with Gasteiger partial charge in [0, 0.05) is 18.3 Å². The zero-order valence-electron chi connectivity index (χ0n) is 13.4. The number of nitrogens with one attached hydrogen (secondary N) is 2. The van der Waals surface area contributed by atoms with Crippen molar-refractivity contribution in [2.75, 3.05) is 11.9 Å². The molecular weight excluding hydrogens is 294 g/mol. The van der Waals surface area contributed by atoms with E-state index in [0.29, 0.717) is 16.7 Å². The van der Waals surface area contributed by atoms with Crippen LogP contribution >= 0.6 is 12.2 Å². The van der Waals surface area contributed by atoms with E-state index >= 15 is 0 Å². The minimum Gasteiger partial charge on any atom is -0.369 e. The Morgan fingerprint density at radius 1 is 1.36 bits per heavy atom. The number of hydrogen-bond donors (Lipinski definition) is 2. The van der Waals surface area contributed by atoms with Crippen molar-refractivity contribution in [2.24, 2.45) is 0 Å². The molecule has 1 unspecified atom stereocenters. The zero-order valence-corrected chi connectivity index (χ0v) is 14.2. The Kier molecular flexibility index (Phi) is 3.48. The number of thiocarbonyl (C=S) groups is 1. The molecule has 4 nitrogen and oxygen atoms in total. The van der Waals surface area contributed by atoms with E-state index < -0.39 is 0 Å². The van der Waals surface area contributed by atoms with Crippen molar-refractivity contribution >= 4 is 35.0 Å². The van der Waals surface area contributed by atoms with Crippen molar-refractivity contribution in [2.45, 2.75) is 38.6 Å². The average molecular weight is 315 g/mol. The van der Waals surface area contributed by atoms with Gasteiger partial charge in [0.15, 0.2) is 5.11 Å². The summed E-state index contributed by atoms with van der Waals surface area (Å²) in [5, 5.41) is 5.83. The summed E-state index contributed by atoms with van der Waals surface area (Å²) < 4.78 is 0. The molecule has 1 saturated heterocycles. The predicted molar refractivity (Wildman–Crippen MR) is 93.8 cm³/mol. The number of rotatable bonds is 1. The lowest BCUT2D eigenvalue weighted by molar-refractivity contribution is -0.115. The summed E-state index contributed by atoms with van der Waals surface area (Å²) >= 11 is 4.96. The van der Waals surface area contributed by atoms with Gasteiger partial charge in [-0.2, -0.15) is 0 Å². The van der Waals surface area contributed by atoms with Gasteiger partial charge in [-0.15, -0.1) is 0 Å². The quantitative estimate of drug-likeness (QED) is 0.618. The van der Waals surface area contributed by atoms with Crippen LogP contribution in [-0.2, 0) is 4.79 Å². The topological polar surface area (TPSA) is 44.4 Å². The van der Waals surface area contributed by atoms with Crippen LogP contribution in [0.1, 0.15) is 44.2 Å². The summed E-state index contributed by atoms with van der Waals surface area (Å²) in [4.78, 5) is 14.1. The first-order valence-electron chi connectivity index (χ1n) is 7.50. The molecule has 2 aliphatic rings. The van der Waals surface area contributed by atoms with E-state index in [1.54, 1.807) is 0 Å². The van der Waals surface area contributed by atoms with Gasteiger partial charge >= 0.3 is 0 Å². The van der Waals surface area contributed by atoms with E-state index in [9.17, 15) is 4.79 Å². The summed E-state index contributed by atoms with van der Waals surface area (Å²) in [6.45, 7) is 6.81. The lowest BCUT2D eigenvalue weighted by Crippen LogP contribution is -2.45. The maximum Gasteiger partial charge on any atom is 0.273 e. The van der Waals surface area contributed by atoms with E-state index in [4.69, 9.17) is 12.2 Å². The van der Waals surface area contributed by atoms with Gasteiger partial charge in [-0.05, 0) is 67.7 Å². The van der Waals surface area contributed by atoms with Crippen LogP contribution in [-0.4, -0.2) is 23.6 Å². The van der Waals surface area contributed by atoms with Gasteiger partial charge in [0.05, 0.1) is 0 Å². The molecule has 1 atom stereocenters. The van der Waals surface area contributed by atoms with Gasteiger partial charge in [-0.3, -0.25) is 10.1 Å². The van der Waals surface area contributed by atoms with Crippen LogP contribution in [0.4, 0.5) is 5.69 Å². The summed E-state index contributed by atoms with van der Waals surface area (Å²) in [6.07, 6.45) is 2.96. The van der Waals surface area contributed by atoms with E-state index in [2.05, 4.69) is 55.5 Å². The maximum absolute atomic E-state index is 11.7. The number of carbonyl (C=O) groups excluding carboxylic acids is 1. The Bertz CT molecular complexity index is 693. The molecule has 0 aliphatic carbocycles. The largest absolute Gasteiger partial charge is 0.369 e. The fraction of sp³-hybridized carbons (Fsp3) is 0.412. The molecule has 1 fully saturated rings. The highest BCUT2D eigenvalue weighted by molar-refractivity contribution is 7.80. The number of amides is 1. The maximum atomic E-state index is 11.7. The molecule has 0 spiro atoms. The highest BCUT2D eigenvalue weighted by Crippen LogP contribution is 2.42. The van der Waals surface area contributed by atoms with Crippen LogP contribution in [0, 0.1) is 0 Å². The second-order valence-corrected chi connectivity index (χ2v) is 7.17. The van der Waals surface area contributed by atoms with Crippen LogP contribution in [0.3, 0.4) is 0 Å². The highest BCUT2D eigenvalue weighted by Gasteiger charge is 2.34. The van der Waals surface area contributed by atoms with Crippen molar-refractivity contribution in [1.29, 1.82) is 0 Å². The molecule has 0 bridgehead atoms. The lowest BCUT2D eigenvalue weighted by atomic mass is 9.80. The number of hydrogen-bond acceptors (Lipinski definition) is 3. The molecule has 1 aromatic rings. The molecule has 0 radical (unpaired) electrons. The third-order valence-corrected chi connectivity index (χ3v) is 4.89. The zero-order chi connectivity index (χ0) is 16.1. The van der Waals surface area contributed by atoms with Crippen LogP contribution in [0.2, 0.25) is 0 Å². The van der Waals surface area contributed by atoms with Gasteiger partial charge in [0.1, 0.15) is 5.70 Å². The molecular formula is C17H21N3OS. The molecule has 1 aromatic carbocycles. The fourth-order valence-corrected chi connectivity index (χ4v) is 3.54. The third-order valence-electron chi connectivity index (χ3n) is 4.69. The molecule has 2 N–H and O–H groups in total. The third kappa shape index (κ3) is 2.50. The lowest BCUT2D eigenvalue weighted by Gasteiger charge is -2.45. The number of anilines is 1. The molecule has 1 amide bonds. The Labute approximate surface area is 136 Å². The van der Waals surface area contributed by atoms with Crippen molar-refractivity contribution in [1.82, 2.24) is 10.6 Å². The second-order valence-electron chi connectivity index (χ2n) is 6.76. The van der Waals surface area contributed by atoms with Crippen molar-refractivity contribution in [3.63, 3.8) is 0 Å². The fourth-order valence-electron chi connectivity index (χ4n) is 3.33. The van der Waals surface area contributed by atoms with E-state index in [0.717, 1.165) is 12.0 Å². The van der Waals surface area contributed by atoms with Crippen LogP contribution < -0.4 is 15.5 Å². The number of carbonyl (C=O) groups is 1. The normalized spacial score (nSPS) is 25.0.